The highest BCUT2D eigenvalue weighted by Crippen LogP contribution is 2.35. The third-order valence-electron chi connectivity index (χ3n) is 2.88. The van der Waals surface area contributed by atoms with E-state index in [4.69, 9.17) is 10.5 Å². The molecule has 0 aromatic heterocycles. The first-order valence-corrected chi connectivity index (χ1v) is 5.98. The predicted molar refractivity (Wildman–Crippen MR) is 71.9 cm³/mol. The van der Waals surface area contributed by atoms with E-state index in [1.165, 1.54) is 0 Å². The molecule has 1 unspecified atom stereocenters. The van der Waals surface area contributed by atoms with Gasteiger partial charge in [-0.1, -0.05) is 0 Å². The number of anilines is 2. The maximum absolute atomic E-state index is 12.3. The second kappa shape index (κ2) is 4.86. The fourth-order valence-electron chi connectivity index (χ4n) is 2.09. The maximum Gasteiger partial charge on any atom is 0.241 e. The van der Waals surface area contributed by atoms with Crippen molar-refractivity contribution < 1.29 is 9.53 Å². The van der Waals surface area contributed by atoms with E-state index in [9.17, 15) is 4.79 Å². The number of fused-ring (bicyclic) bond motifs is 1. The number of nitrogens with zero attached hydrogens (tertiary/aromatic N) is 2. The van der Waals surface area contributed by atoms with Crippen LogP contribution in [0.25, 0.3) is 0 Å². The molecule has 5 nitrogen and oxygen atoms in total. The van der Waals surface area contributed by atoms with Crippen LogP contribution in [0.3, 0.4) is 0 Å². The van der Waals surface area contributed by atoms with E-state index in [2.05, 4.69) is 0 Å². The molecular weight excluding hydrogens is 230 g/mol. The Morgan fingerprint density at radius 3 is 2.94 bits per heavy atom. The maximum atomic E-state index is 12.3. The van der Waals surface area contributed by atoms with Gasteiger partial charge in [0.1, 0.15) is 12.4 Å². The largest absolute Gasteiger partial charge is 0.489 e. The van der Waals surface area contributed by atoms with E-state index in [0.29, 0.717) is 18.8 Å². The fraction of sp³-hybridized carbons (Fsp3) is 0.462. The molecule has 1 amide bonds. The van der Waals surface area contributed by atoms with E-state index >= 15 is 0 Å². The Hall–Kier alpha value is -1.75. The molecule has 0 aliphatic carbocycles. The first-order valence-electron chi connectivity index (χ1n) is 5.98. The molecule has 2 N–H and O–H groups in total. The minimum atomic E-state index is 0.0201. The van der Waals surface area contributed by atoms with Crippen LogP contribution in [0.15, 0.2) is 18.2 Å². The molecule has 98 valence electrons. The smallest absolute Gasteiger partial charge is 0.241 e. The number of carbonyl (C=O) groups excluding carboxylic acids is 1. The molecule has 0 fully saturated rings. The highest BCUT2D eigenvalue weighted by atomic mass is 16.5. The average Bonchev–Trinajstić information content (AvgIpc) is 2.27. The molecule has 1 atom stereocenters. The molecule has 1 aliphatic rings. The quantitative estimate of drug-likeness (QED) is 0.793. The van der Waals surface area contributed by atoms with Crippen molar-refractivity contribution in [3.8, 4) is 5.75 Å². The van der Waals surface area contributed by atoms with E-state index in [0.717, 1.165) is 11.4 Å². The van der Waals surface area contributed by atoms with Crippen molar-refractivity contribution in [2.45, 2.75) is 13.0 Å². The van der Waals surface area contributed by atoms with E-state index < -0.39 is 0 Å². The van der Waals surface area contributed by atoms with Crippen molar-refractivity contribution >= 4 is 17.3 Å². The van der Waals surface area contributed by atoms with E-state index in [1.807, 2.05) is 32.0 Å². The molecular formula is C13H19N3O2. The van der Waals surface area contributed by atoms with Crippen LogP contribution in [0, 0.1) is 0 Å². The van der Waals surface area contributed by atoms with Crippen molar-refractivity contribution in [2.24, 2.45) is 0 Å². The molecule has 0 spiro atoms. The molecule has 1 heterocycles. The fourth-order valence-corrected chi connectivity index (χ4v) is 2.09. The van der Waals surface area contributed by atoms with Crippen LogP contribution < -0.4 is 15.4 Å². The minimum Gasteiger partial charge on any atom is -0.489 e. The third-order valence-corrected chi connectivity index (χ3v) is 2.88. The summed E-state index contributed by atoms with van der Waals surface area (Å²) in [6, 6.07) is 5.40. The van der Waals surface area contributed by atoms with Crippen LogP contribution in [-0.2, 0) is 4.79 Å². The predicted octanol–water partition coefficient (Wildman–Crippen LogP) is 0.944. The van der Waals surface area contributed by atoms with Crippen molar-refractivity contribution in [1.82, 2.24) is 4.90 Å². The third kappa shape index (κ3) is 2.41. The minimum absolute atomic E-state index is 0.0201. The molecule has 0 bridgehead atoms. The Kier molecular flexibility index (Phi) is 3.43. The monoisotopic (exact) mass is 249 g/mol. The number of likely N-dealkylation sites (N-methyl/N-ethyl adjacent to an activating group) is 1. The number of nitrogens with two attached hydrogens (primary N) is 1. The van der Waals surface area contributed by atoms with Crippen LogP contribution in [0.5, 0.6) is 5.75 Å². The Balaban J connectivity index is 2.35. The molecule has 1 aliphatic heterocycles. The molecule has 1 aromatic rings. The lowest BCUT2D eigenvalue weighted by Crippen LogP contribution is -2.48. The SMILES string of the molecule is CC1COc2ccc(N)cc2N1C(=O)CN(C)C. The molecule has 2 rings (SSSR count). The molecule has 0 saturated carbocycles. The van der Waals surface area contributed by atoms with Gasteiger partial charge in [-0.05, 0) is 39.2 Å². The summed E-state index contributed by atoms with van der Waals surface area (Å²) in [6.07, 6.45) is 0. The number of rotatable bonds is 2. The summed E-state index contributed by atoms with van der Waals surface area (Å²) in [4.78, 5) is 15.9. The number of amides is 1. The zero-order chi connectivity index (χ0) is 13.3. The van der Waals surface area contributed by atoms with Crippen LogP contribution in [0.2, 0.25) is 0 Å². The van der Waals surface area contributed by atoms with Gasteiger partial charge in [0.25, 0.3) is 0 Å². The van der Waals surface area contributed by atoms with Gasteiger partial charge in [-0.3, -0.25) is 4.79 Å². The Bertz CT molecular complexity index is 460. The van der Waals surface area contributed by atoms with Crippen molar-refractivity contribution in [3.05, 3.63) is 18.2 Å². The van der Waals surface area contributed by atoms with Crippen LogP contribution in [0.1, 0.15) is 6.92 Å². The Morgan fingerprint density at radius 1 is 1.56 bits per heavy atom. The summed E-state index contributed by atoms with van der Waals surface area (Å²) in [5, 5.41) is 0. The second-order valence-electron chi connectivity index (χ2n) is 4.89. The average molecular weight is 249 g/mol. The van der Waals surface area contributed by atoms with Gasteiger partial charge in [-0.15, -0.1) is 0 Å². The number of benzene rings is 1. The van der Waals surface area contributed by atoms with Crippen molar-refractivity contribution in [1.29, 1.82) is 0 Å². The normalized spacial score (nSPS) is 18.4. The van der Waals surface area contributed by atoms with Gasteiger partial charge < -0.3 is 20.3 Å². The Morgan fingerprint density at radius 2 is 2.28 bits per heavy atom. The van der Waals surface area contributed by atoms with Crippen LogP contribution in [0.4, 0.5) is 11.4 Å². The van der Waals surface area contributed by atoms with Gasteiger partial charge in [0, 0.05) is 5.69 Å². The summed E-state index contributed by atoms with van der Waals surface area (Å²) in [7, 11) is 3.76. The number of hydrogen-bond acceptors (Lipinski definition) is 4. The highest BCUT2D eigenvalue weighted by Gasteiger charge is 2.29. The second-order valence-corrected chi connectivity index (χ2v) is 4.89. The number of hydrogen-bond donors (Lipinski definition) is 1. The van der Waals surface area contributed by atoms with Crippen molar-refractivity contribution in [2.75, 3.05) is 37.9 Å². The summed E-state index contributed by atoms with van der Waals surface area (Å²) < 4.78 is 5.61. The van der Waals surface area contributed by atoms with Gasteiger partial charge in [-0.2, -0.15) is 0 Å². The lowest BCUT2D eigenvalue weighted by molar-refractivity contribution is -0.120. The molecule has 1 aromatic carbocycles. The van der Waals surface area contributed by atoms with E-state index in [-0.39, 0.29) is 11.9 Å². The van der Waals surface area contributed by atoms with Gasteiger partial charge in [0.2, 0.25) is 5.91 Å². The zero-order valence-corrected chi connectivity index (χ0v) is 11.0. The molecule has 0 saturated heterocycles. The van der Waals surface area contributed by atoms with Gasteiger partial charge in [0.15, 0.2) is 0 Å². The highest BCUT2D eigenvalue weighted by molar-refractivity contribution is 5.97. The van der Waals surface area contributed by atoms with Crippen LogP contribution in [-0.4, -0.2) is 44.1 Å². The summed E-state index contributed by atoms with van der Waals surface area (Å²) >= 11 is 0. The topological polar surface area (TPSA) is 58.8 Å². The summed E-state index contributed by atoms with van der Waals surface area (Å²) in [5.74, 6) is 0.775. The summed E-state index contributed by atoms with van der Waals surface area (Å²) in [6.45, 7) is 2.86. The first kappa shape index (κ1) is 12.7. The zero-order valence-electron chi connectivity index (χ0n) is 11.0. The van der Waals surface area contributed by atoms with Gasteiger partial charge in [0.05, 0.1) is 18.3 Å². The first-order chi connectivity index (χ1) is 8.49. The van der Waals surface area contributed by atoms with Gasteiger partial charge >= 0.3 is 0 Å². The standard InChI is InChI=1S/C13H19N3O2/c1-9-8-18-12-5-4-10(14)6-11(12)16(9)13(17)7-15(2)3/h4-6,9H,7-8,14H2,1-3H3. The lowest BCUT2D eigenvalue weighted by Gasteiger charge is -2.35. The Labute approximate surface area is 107 Å². The van der Waals surface area contributed by atoms with E-state index in [1.54, 1.807) is 17.0 Å². The van der Waals surface area contributed by atoms with Crippen molar-refractivity contribution in [3.63, 3.8) is 0 Å². The van der Waals surface area contributed by atoms with Gasteiger partial charge in [-0.25, -0.2) is 0 Å². The number of ether oxygens (including phenoxy) is 1. The summed E-state index contributed by atoms with van der Waals surface area (Å²) in [5.41, 5.74) is 7.18. The number of nitrogen functional groups attached to an aromatic ring is 1. The van der Waals surface area contributed by atoms with Crippen LogP contribution >= 0.6 is 0 Å². The number of carbonyl (C=O) groups is 1. The molecule has 0 radical (unpaired) electrons. The lowest BCUT2D eigenvalue weighted by atomic mass is 10.1. The molecule has 18 heavy (non-hydrogen) atoms. The molecule has 5 heteroatoms.